The van der Waals surface area contributed by atoms with Crippen LogP contribution in [0.1, 0.15) is 35.2 Å². The SMILES string of the molecule is N#Cc1cccc(C(=O)NCCCOCC2CCCO2)c1. The molecule has 0 spiro atoms. The lowest BCUT2D eigenvalue weighted by Gasteiger charge is -2.10. The zero-order valence-electron chi connectivity index (χ0n) is 12.0. The van der Waals surface area contributed by atoms with Gasteiger partial charge in [-0.25, -0.2) is 0 Å². The fourth-order valence-electron chi connectivity index (χ4n) is 2.20. The van der Waals surface area contributed by atoms with Crippen LogP contribution in [0.4, 0.5) is 0 Å². The molecule has 0 radical (unpaired) electrons. The smallest absolute Gasteiger partial charge is 0.251 e. The highest BCUT2D eigenvalue weighted by Gasteiger charge is 2.14. The predicted molar refractivity (Wildman–Crippen MR) is 77.9 cm³/mol. The number of nitriles is 1. The highest BCUT2D eigenvalue weighted by atomic mass is 16.5. The van der Waals surface area contributed by atoms with E-state index in [1.165, 1.54) is 0 Å². The minimum absolute atomic E-state index is 0.161. The Labute approximate surface area is 124 Å². The fourth-order valence-corrected chi connectivity index (χ4v) is 2.20. The number of ether oxygens (including phenoxy) is 2. The fraction of sp³-hybridized carbons (Fsp3) is 0.500. The van der Waals surface area contributed by atoms with Crippen LogP contribution in [0.5, 0.6) is 0 Å². The second-order valence-corrected chi connectivity index (χ2v) is 5.01. The van der Waals surface area contributed by atoms with Crippen molar-refractivity contribution in [1.82, 2.24) is 5.32 Å². The number of nitrogens with zero attached hydrogens (tertiary/aromatic N) is 1. The van der Waals surface area contributed by atoms with Crippen molar-refractivity contribution in [1.29, 1.82) is 5.26 Å². The summed E-state index contributed by atoms with van der Waals surface area (Å²) in [7, 11) is 0. The van der Waals surface area contributed by atoms with Crippen LogP contribution in [-0.4, -0.2) is 38.4 Å². The van der Waals surface area contributed by atoms with Gasteiger partial charge < -0.3 is 14.8 Å². The molecule has 1 aliphatic rings. The van der Waals surface area contributed by atoms with Gasteiger partial charge in [-0.2, -0.15) is 5.26 Å². The molecule has 0 bridgehead atoms. The van der Waals surface area contributed by atoms with E-state index in [1.54, 1.807) is 24.3 Å². The lowest BCUT2D eigenvalue weighted by Crippen LogP contribution is -2.25. The van der Waals surface area contributed by atoms with Crippen LogP contribution in [0, 0.1) is 11.3 Å². The molecule has 0 saturated carbocycles. The van der Waals surface area contributed by atoms with Crippen molar-refractivity contribution in [2.45, 2.75) is 25.4 Å². The number of hydrogen-bond donors (Lipinski definition) is 1. The molecule has 0 aromatic heterocycles. The molecule has 1 aromatic carbocycles. The number of carbonyl (C=O) groups is 1. The van der Waals surface area contributed by atoms with Crippen molar-refractivity contribution < 1.29 is 14.3 Å². The Morgan fingerprint density at radius 2 is 2.43 bits per heavy atom. The summed E-state index contributed by atoms with van der Waals surface area (Å²) < 4.78 is 11.0. The minimum atomic E-state index is -0.161. The summed E-state index contributed by atoms with van der Waals surface area (Å²) in [5, 5.41) is 11.6. The topological polar surface area (TPSA) is 71.4 Å². The maximum absolute atomic E-state index is 11.9. The molecule has 0 aliphatic carbocycles. The molecule has 1 heterocycles. The van der Waals surface area contributed by atoms with Gasteiger partial charge in [-0.3, -0.25) is 4.79 Å². The molecular formula is C16H20N2O3. The summed E-state index contributed by atoms with van der Waals surface area (Å²) in [6.07, 6.45) is 3.20. The Morgan fingerprint density at radius 3 is 3.19 bits per heavy atom. The van der Waals surface area contributed by atoms with E-state index in [1.807, 2.05) is 6.07 Å². The highest BCUT2D eigenvalue weighted by Crippen LogP contribution is 2.11. The van der Waals surface area contributed by atoms with Gasteiger partial charge in [0, 0.05) is 25.3 Å². The first-order valence-electron chi connectivity index (χ1n) is 7.27. The molecule has 5 nitrogen and oxygen atoms in total. The van der Waals surface area contributed by atoms with Crippen molar-refractivity contribution in [3.05, 3.63) is 35.4 Å². The first-order chi connectivity index (χ1) is 10.3. The van der Waals surface area contributed by atoms with E-state index in [0.29, 0.717) is 30.9 Å². The van der Waals surface area contributed by atoms with Crippen LogP contribution in [0.15, 0.2) is 24.3 Å². The van der Waals surface area contributed by atoms with Gasteiger partial charge in [0.05, 0.1) is 24.3 Å². The Bertz CT molecular complexity index is 504. The molecular weight excluding hydrogens is 268 g/mol. The molecule has 1 fully saturated rings. The zero-order valence-corrected chi connectivity index (χ0v) is 12.0. The Balaban J connectivity index is 1.59. The van der Waals surface area contributed by atoms with E-state index >= 15 is 0 Å². The monoisotopic (exact) mass is 288 g/mol. The first kappa shape index (κ1) is 15.5. The van der Waals surface area contributed by atoms with Crippen LogP contribution < -0.4 is 5.32 Å². The van der Waals surface area contributed by atoms with Gasteiger partial charge in [-0.05, 0) is 37.5 Å². The Morgan fingerprint density at radius 1 is 1.52 bits per heavy atom. The van der Waals surface area contributed by atoms with Crippen molar-refractivity contribution in [3.63, 3.8) is 0 Å². The van der Waals surface area contributed by atoms with Crippen LogP contribution in [0.25, 0.3) is 0 Å². The number of hydrogen-bond acceptors (Lipinski definition) is 4. The van der Waals surface area contributed by atoms with Crippen LogP contribution in [-0.2, 0) is 9.47 Å². The van der Waals surface area contributed by atoms with Gasteiger partial charge >= 0.3 is 0 Å². The summed E-state index contributed by atoms with van der Waals surface area (Å²) in [6.45, 7) is 2.64. The van der Waals surface area contributed by atoms with Crippen LogP contribution in [0.3, 0.4) is 0 Å². The lowest BCUT2D eigenvalue weighted by atomic mass is 10.1. The third-order valence-electron chi connectivity index (χ3n) is 3.33. The average molecular weight is 288 g/mol. The second-order valence-electron chi connectivity index (χ2n) is 5.01. The van der Waals surface area contributed by atoms with E-state index in [4.69, 9.17) is 14.7 Å². The van der Waals surface area contributed by atoms with Crippen molar-refractivity contribution >= 4 is 5.91 Å². The van der Waals surface area contributed by atoms with Gasteiger partial charge in [0.1, 0.15) is 0 Å². The minimum Gasteiger partial charge on any atom is -0.379 e. The van der Waals surface area contributed by atoms with Gasteiger partial charge in [0.2, 0.25) is 0 Å². The molecule has 1 aliphatic heterocycles. The molecule has 1 saturated heterocycles. The molecule has 1 unspecified atom stereocenters. The van der Waals surface area contributed by atoms with Gasteiger partial charge in [-0.15, -0.1) is 0 Å². The zero-order chi connectivity index (χ0) is 14.9. The van der Waals surface area contributed by atoms with Crippen LogP contribution >= 0.6 is 0 Å². The standard InChI is InChI=1S/C16H20N2O3/c17-11-13-4-1-5-14(10-13)16(19)18-7-3-8-20-12-15-6-2-9-21-15/h1,4-5,10,15H,2-3,6-9,12H2,(H,18,19). The maximum atomic E-state index is 11.9. The summed E-state index contributed by atoms with van der Waals surface area (Å²) in [5.74, 6) is -0.161. The second kappa shape index (κ2) is 8.40. The Hall–Kier alpha value is -1.90. The third-order valence-corrected chi connectivity index (χ3v) is 3.33. The maximum Gasteiger partial charge on any atom is 0.251 e. The number of benzene rings is 1. The molecule has 1 N–H and O–H groups in total. The molecule has 1 amide bonds. The van der Waals surface area contributed by atoms with Crippen molar-refractivity contribution in [3.8, 4) is 6.07 Å². The summed E-state index contributed by atoms with van der Waals surface area (Å²) in [5.41, 5.74) is 0.997. The Kier molecular flexibility index (Phi) is 6.20. The predicted octanol–water partition coefficient (Wildman–Crippen LogP) is 1.87. The van der Waals surface area contributed by atoms with Gasteiger partial charge in [-0.1, -0.05) is 6.07 Å². The molecule has 2 rings (SSSR count). The highest BCUT2D eigenvalue weighted by molar-refractivity contribution is 5.94. The van der Waals surface area contributed by atoms with E-state index in [0.717, 1.165) is 25.9 Å². The van der Waals surface area contributed by atoms with E-state index in [2.05, 4.69) is 5.32 Å². The van der Waals surface area contributed by atoms with E-state index < -0.39 is 0 Å². The quantitative estimate of drug-likeness (QED) is 0.778. The number of rotatable bonds is 7. The van der Waals surface area contributed by atoms with E-state index in [-0.39, 0.29) is 12.0 Å². The van der Waals surface area contributed by atoms with Gasteiger partial charge in [0.15, 0.2) is 0 Å². The van der Waals surface area contributed by atoms with E-state index in [9.17, 15) is 4.79 Å². The van der Waals surface area contributed by atoms with Crippen molar-refractivity contribution in [2.24, 2.45) is 0 Å². The van der Waals surface area contributed by atoms with Gasteiger partial charge in [0.25, 0.3) is 5.91 Å². The summed E-state index contributed by atoms with van der Waals surface area (Å²) >= 11 is 0. The molecule has 112 valence electrons. The van der Waals surface area contributed by atoms with Crippen LogP contribution in [0.2, 0.25) is 0 Å². The molecule has 1 atom stereocenters. The largest absolute Gasteiger partial charge is 0.379 e. The number of carbonyl (C=O) groups excluding carboxylic acids is 1. The number of nitrogens with one attached hydrogen (secondary N) is 1. The normalized spacial score (nSPS) is 17.4. The molecule has 21 heavy (non-hydrogen) atoms. The average Bonchev–Trinajstić information content (AvgIpc) is 3.04. The molecule has 5 heteroatoms. The molecule has 1 aromatic rings. The summed E-state index contributed by atoms with van der Waals surface area (Å²) in [6, 6.07) is 8.69. The first-order valence-corrected chi connectivity index (χ1v) is 7.27. The van der Waals surface area contributed by atoms with Crippen molar-refractivity contribution in [2.75, 3.05) is 26.4 Å². The lowest BCUT2D eigenvalue weighted by molar-refractivity contribution is 0.0166. The number of amides is 1. The third kappa shape index (κ3) is 5.18. The summed E-state index contributed by atoms with van der Waals surface area (Å²) in [4.78, 5) is 11.9.